The van der Waals surface area contributed by atoms with Crippen LogP contribution in [-0.2, 0) is 0 Å². The van der Waals surface area contributed by atoms with E-state index in [1.807, 2.05) is 35.6 Å². The molecular formula is C54H39NOS. The van der Waals surface area contributed by atoms with Crippen molar-refractivity contribution < 1.29 is 5.11 Å². The van der Waals surface area contributed by atoms with Crippen LogP contribution in [0.25, 0.3) is 75.8 Å². The van der Waals surface area contributed by atoms with Crippen molar-refractivity contribution in [2.24, 2.45) is 0 Å². The second-order valence-corrected chi connectivity index (χ2v) is 15.7. The lowest BCUT2D eigenvalue weighted by Crippen LogP contribution is -2.12. The maximum atomic E-state index is 12.3. The lowest BCUT2D eigenvalue weighted by atomic mass is 9.84. The van der Waals surface area contributed by atoms with Gasteiger partial charge in [-0.2, -0.15) is 0 Å². The van der Waals surface area contributed by atoms with Crippen LogP contribution >= 0.6 is 11.3 Å². The van der Waals surface area contributed by atoms with Gasteiger partial charge in [0.25, 0.3) is 0 Å². The van der Waals surface area contributed by atoms with E-state index in [1.165, 1.54) is 42.4 Å². The third kappa shape index (κ3) is 6.73. The van der Waals surface area contributed by atoms with Crippen LogP contribution in [0.15, 0.2) is 212 Å². The first-order chi connectivity index (χ1) is 28.2. The van der Waals surface area contributed by atoms with Crippen molar-refractivity contribution in [3.05, 3.63) is 223 Å². The van der Waals surface area contributed by atoms with E-state index in [1.54, 1.807) is 0 Å². The Morgan fingerprint density at radius 2 is 0.912 bits per heavy atom. The zero-order valence-corrected chi connectivity index (χ0v) is 32.1. The number of benzene rings is 8. The fourth-order valence-corrected chi connectivity index (χ4v) is 9.40. The van der Waals surface area contributed by atoms with E-state index >= 15 is 0 Å². The van der Waals surface area contributed by atoms with Crippen LogP contribution in [0, 0.1) is 0 Å². The van der Waals surface area contributed by atoms with Crippen LogP contribution < -0.4 is 5.32 Å². The zero-order valence-electron chi connectivity index (χ0n) is 31.3. The Morgan fingerprint density at radius 3 is 1.67 bits per heavy atom. The van der Waals surface area contributed by atoms with Gasteiger partial charge in [-0.05, 0) is 98.8 Å². The molecule has 0 amide bonds. The molecule has 0 radical (unpaired) electrons. The summed E-state index contributed by atoms with van der Waals surface area (Å²) in [5.74, 6) is 0.323. The third-order valence-electron chi connectivity index (χ3n) is 11.2. The minimum Gasteiger partial charge on any atom is -0.507 e. The maximum absolute atomic E-state index is 12.3. The van der Waals surface area contributed by atoms with E-state index < -0.39 is 0 Å². The summed E-state index contributed by atoms with van der Waals surface area (Å²) in [4.78, 5) is 0. The van der Waals surface area contributed by atoms with Crippen molar-refractivity contribution in [2.75, 3.05) is 5.32 Å². The SMILES string of the molecule is OC1=C(c2ccccc2)CCC(Nc2ccc(-c3ccc4c(c3)sc3ccccc34)cc2)=C1c1ccccc1-c1cccc(-c2ccc(-c3ccccc3)cc2)c1. The quantitative estimate of drug-likeness (QED) is 0.162. The standard InChI is InChI=1S/C54H39NOS/c56-54-46(40-14-5-2-6-15-40)32-33-50(55-44-29-26-39(27-30-44)42-28-31-48-47-19-9-10-21-51(47)57-52(48)35-42)53(54)49-20-8-7-18-45(49)43-17-11-16-41(34-43)38-24-22-37(23-25-38)36-12-3-1-4-13-36/h1-31,34-35,55-56H,32-33H2. The van der Waals surface area contributed by atoms with E-state index in [2.05, 4.69) is 181 Å². The van der Waals surface area contributed by atoms with Crippen LogP contribution in [-0.4, -0.2) is 5.11 Å². The summed E-state index contributed by atoms with van der Waals surface area (Å²) in [6.07, 6.45) is 1.49. The molecule has 0 bridgehead atoms. The van der Waals surface area contributed by atoms with Crippen LogP contribution in [0.1, 0.15) is 24.0 Å². The number of anilines is 1. The minimum absolute atomic E-state index is 0.323. The van der Waals surface area contributed by atoms with Gasteiger partial charge in [0.05, 0.1) is 0 Å². The van der Waals surface area contributed by atoms with Gasteiger partial charge in [-0.25, -0.2) is 0 Å². The molecule has 0 fully saturated rings. The van der Waals surface area contributed by atoms with Crippen LogP contribution in [0.3, 0.4) is 0 Å². The van der Waals surface area contributed by atoms with Crippen LogP contribution in [0.5, 0.6) is 0 Å². The van der Waals surface area contributed by atoms with Gasteiger partial charge >= 0.3 is 0 Å². The summed E-state index contributed by atoms with van der Waals surface area (Å²) < 4.78 is 2.62. The molecule has 0 saturated carbocycles. The van der Waals surface area contributed by atoms with E-state index in [4.69, 9.17) is 0 Å². The highest BCUT2D eigenvalue weighted by Crippen LogP contribution is 2.44. The maximum Gasteiger partial charge on any atom is 0.128 e. The normalized spacial score (nSPS) is 13.1. The monoisotopic (exact) mass is 749 g/mol. The predicted molar refractivity (Wildman–Crippen MR) is 243 cm³/mol. The summed E-state index contributed by atoms with van der Waals surface area (Å²) in [5.41, 5.74) is 15.1. The molecule has 10 rings (SSSR count). The number of nitrogens with one attached hydrogen (secondary N) is 1. The number of hydrogen-bond acceptors (Lipinski definition) is 3. The van der Waals surface area contributed by atoms with Crippen molar-refractivity contribution in [2.45, 2.75) is 12.8 Å². The molecule has 3 heteroatoms. The van der Waals surface area contributed by atoms with Crippen molar-refractivity contribution in [1.82, 2.24) is 0 Å². The lowest BCUT2D eigenvalue weighted by molar-refractivity contribution is 0.435. The number of hydrogen-bond donors (Lipinski definition) is 2. The third-order valence-corrected chi connectivity index (χ3v) is 12.3. The molecule has 1 aliphatic carbocycles. The number of aliphatic hydroxyl groups is 1. The second kappa shape index (κ2) is 15.0. The van der Waals surface area contributed by atoms with Gasteiger partial charge in [-0.1, -0.05) is 170 Å². The van der Waals surface area contributed by atoms with E-state index in [0.717, 1.165) is 68.8 Å². The molecule has 8 aromatic carbocycles. The Hall–Kier alpha value is -6.94. The predicted octanol–water partition coefficient (Wildman–Crippen LogP) is 15.3. The fraction of sp³-hybridized carbons (Fsp3) is 0.0370. The molecule has 1 aliphatic rings. The van der Waals surface area contributed by atoms with Gasteiger partial charge in [-0.3, -0.25) is 0 Å². The average Bonchev–Trinajstić information content (AvgIpc) is 3.66. The number of aliphatic hydroxyl groups excluding tert-OH is 1. The molecule has 0 aliphatic heterocycles. The molecular weight excluding hydrogens is 711 g/mol. The molecule has 57 heavy (non-hydrogen) atoms. The topological polar surface area (TPSA) is 32.3 Å². The van der Waals surface area contributed by atoms with Gasteiger partial charge in [0, 0.05) is 42.7 Å². The van der Waals surface area contributed by atoms with E-state index in [-0.39, 0.29) is 0 Å². The van der Waals surface area contributed by atoms with E-state index in [0.29, 0.717) is 5.76 Å². The zero-order chi connectivity index (χ0) is 38.1. The fourth-order valence-electron chi connectivity index (χ4n) is 8.25. The number of thiophene rings is 1. The van der Waals surface area contributed by atoms with Crippen LogP contribution in [0.4, 0.5) is 5.69 Å². The highest BCUT2D eigenvalue weighted by Gasteiger charge is 2.26. The molecule has 9 aromatic rings. The first-order valence-corrected chi connectivity index (χ1v) is 20.3. The second-order valence-electron chi connectivity index (χ2n) is 14.6. The number of allylic oxidation sites excluding steroid dienone is 3. The Kier molecular flexibility index (Phi) is 9.06. The van der Waals surface area contributed by atoms with Crippen LogP contribution in [0.2, 0.25) is 0 Å². The Bertz CT molecular complexity index is 2960. The summed E-state index contributed by atoms with van der Waals surface area (Å²) in [6, 6.07) is 70.9. The Balaban J connectivity index is 1.02. The van der Waals surface area contributed by atoms with Gasteiger partial charge in [0.15, 0.2) is 0 Å². The van der Waals surface area contributed by atoms with Crippen molar-refractivity contribution in [3.63, 3.8) is 0 Å². The summed E-state index contributed by atoms with van der Waals surface area (Å²) in [5, 5.41) is 18.7. The summed E-state index contributed by atoms with van der Waals surface area (Å²) in [7, 11) is 0. The highest BCUT2D eigenvalue weighted by atomic mass is 32.1. The molecule has 1 aromatic heterocycles. The number of fused-ring (bicyclic) bond motifs is 3. The Labute approximate surface area is 337 Å². The summed E-state index contributed by atoms with van der Waals surface area (Å²) in [6.45, 7) is 0. The van der Waals surface area contributed by atoms with Gasteiger partial charge in [0.1, 0.15) is 5.76 Å². The molecule has 0 unspecified atom stereocenters. The summed E-state index contributed by atoms with van der Waals surface area (Å²) >= 11 is 1.85. The first kappa shape index (κ1) is 34.5. The average molecular weight is 750 g/mol. The molecule has 1 heterocycles. The van der Waals surface area contributed by atoms with Gasteiger partial charge < -0.3 is 10.4 Å². The van der Waals surface area contributed by atoms with Crippen molar-refractivity contribution in [3.8, 4) is 44.5 Å². The van der Waals surface area contributed by atoms with Crippen molar-refractivity contribution in [1.29, 1.82) is 0 Å². The minimum atomic E-state index is 0.323. The number of rotatable bonds is 8. The lowest BCUT2D eigenvalue weighted by Gasteiger charge is -2.26. The molecule has 2 nitrogen and oxygen atoms in total. The first-order valence-electron chi connectivity index (χ1n) is 19.5. The van der Waals surface area contributed by atoms with Crippen molar-refractivity contribution >= 4 is 48.3 Å². The van der Waals surface area contributed by atoms with Gasteiger partial charge in [-0.15, -0.1) is 11.3 Å². The smallest absolute Gasteiger partial charge is 0.128 e. The highest BCUT2D eigenvalue weighted by molar-refractivity contribution is 7.25. The largest absolute Gasteiger partial charge is 0.507 e. The molecule has 272 valence electrons. The molecule has 0 atom stereocenters. The van der Waals surface area contributed by atoms with E-state index in [9.17, 15) is 5.11 Å². The van der Waals surface area contributed by atoms with Gasteiger partial charge in [0.2, 0.25) is 0 Å². The Morgan fingerprint density at radius 1 is 0.386 bits per heavy atom. The molecule has 0 spiro atoms. The molecule has 0 saturated heterocycles. The molecule has 2 N–H and O–H groups in total.